The summed E-state index contributed by atoms with van der Waals surface area (Å²) in [5.74, 6) is -0.360. The van der Waals surface area contributed by atoms with E-state index in [4.69, 9.17) is 0 Å². The van der Waals surface area contributed by atoms with Crippen molar-refractivity contribution in [3.63, 3.8) is 0 Å². The molecule has 1 aromatic carbocycles. The van der Waals surface area contributed by atoms with Crippen LogP contribution in [0.1, 0.15) is 25.3 Å². The molecule has 0 saturated heterocycles. The minimum absolute atomic E-state index is 0.0499. The first-order valence-corrected chi connectivity index (χ1v) is 8.08. The molecule has 6 heteroatoms. The summed E-state index contributed by atoms with van der Waals surface area (Å²) in [5, 5.41) is 3.14. The first-order chi connectivity index (χ1) is 8.96. The predicted octanol–water partition coefficient (Wildman–Crippen LogP) is 2.27. The third-order valence-corrected chi connectivity index (χ3v) is 4.16. The summed E-state index contributed by atoms with van der Waals surface area (Å²) in [4.78, 5) is 0. The van der Waals surface area contributed by atoms with Gasteiger partial charge in [-0.3, -0.25) is 4.72 Å². The largest absolute Gasteiger partial charge is 0.317 e. The Balaban J connectivity index is 2.52. The molecular weight excluding hydrogens is 267 g/mol. The zero-order chi connectivity index (χ0) is 14.3. The third kappa shape index (κ3) is 5.57. The molecule has 0 fully saturated rings. The molecule has 0 heterocycles. The van der Waals surface area contributed by atoms with E-state index in [9.17, 15) is 12.8 Å². The molecule has 0 atom stereocenters. The van der Waals surface area contributed by atoms with E-state index < -0.39 is 15.8 Å². The van der Waals surface area contributed by atoms with Gasteiger partial charge >= 0.3 is 0 Å². The highest BCUT2D eigenvalue weighted by Gasteiger charge is 2.12. The van der Waals surface area contributed by atoms with E-state index in [1.54, 1.807) is 13.0 Å². The SMILES string of the molecule is CCNCCCCS(=O)(=O)Nc1cccc(F)c1C. The number of benzene rings is 1. The maximum absolute atomic E-state index is 13.3. The van der Waals surface area contributed by atoms with E-state index in [0.717, 1.165) is 19.5 Å². The van der Waals surface area contributed by atoms with Crippen molar-refractivity contribution in [2.24, 2.45) is 0 Å². The van der Waals surface area contributed by atoms with Gasteiger partial charge in [0.15, 0.2) is 0 Å². The second-order valence-corrected chi connectivity index (χ2v) is 6.24. The summed E-state index contributed by atoms with van der Waals surface area (Å²) in [7, 11) is -3.41. The number of nitrogens with one attached hydrogen (secondary N) is 2. The fourth-order valence-corrected chi connectivity index (χ4v) is 2.90. The molecule has 0 unspecified atom stereocenters. The number of anilines is 1. The quantitative estimate of drug-likeness (QED) is 0.721. The third-order valence-electron chi connectivity index (χ3n) is 2.80. The summed E-state index contributed by atoms with van der Waals surface area (Å²) in [5.41, 5.74) is 0.630. The lowest BCUT2D eigenvalue weighted by Gasteiger charge is -2.10. The van der Waals surface area contributed by atoms with Gasteiger partial charge in [-0.25, -0.2) is 12.8 Å². The van der Waals surface area contributed by atoms with Gasteiger partial charge in [-0.15, -0.1) is 0 Å². The average molecular weight is 288 g/mol. The normalized spacial score (nSPS) is 11.5. The average Bonchev–Trinajstić information content (AvgIpc) is 2.34. The van der Waals surface area contributed by atoms with Gasteiger partial charge in [0, 0.05) is 5.56 Å². The summed E-state index contributed by atoms with van der Waals surface area (Å²) in [6.07, 6.45) is 1.38. The van der Waals surface area contributed by atoms with Crippen LogP contribution >= 0.6 is 0 Å². The lowest BCUT2D eigenvalue weighted by molar-refractivity contribution is 0.593. The van der Waals surface area contributed by atoms with Crippen LogP contribution in [0.15, 0.2) is 18.2 Å². The first kappa shape index (κ1) is 15.9. The number of unbranched alkanes of at least 4 members (excludes halogenated alkanes) is 1. The summed E-state index contributed by atoms with van der Waals surface area (Å²) in [6, 6.07) is 4.36. The highest BCUT2D eigenvalue weighted by Crippen LogP contribution is 2.18. The molecule has 0 aromatic heterocycles. The Kier molecular flexibility index (Phi) is 6.24. The maximum Gasteiger partial charge on any atom is 0.232 e. The van der Waals surface area contributed by atoms with Crippen LogP contribution in [0.5, 0.6) is 0 Å². The van der Waals surface area contributed by atoms with Gasteiger partial charge in [-0.2, -0.15) is 0 Å². The van der Waals surface area contributed by atoms with E-state index in [1.165, 1.54) is 12.1 Å². The van der Waals surface area contributed by atoms with Crippen LogP contribution in [0.2, 0.25) is 0 Å². The second kappa shape index (κ2) is 7.45. The molecule has 1 rings (SSSR count). The zero-order valence-corrected chi connectivity index (χ0v) is 12.2. The number of hydrogen-bond acceptors (Lipinski definition) is 3. The molecule has 2 N–H and O–H groups in total. The van der Waals surface area contributed by atoms with Gasteiger partial charge in [-0.05, 0) is 45.0 Å². The lowest BCUT2D eigenvalue weighted by atomic mass is 10.2. The topological polar surface area (TPSA) is 58.2 Å². The molecule has 0 aliphatic carbocycles. The minimum Gasteiger partial charge on any atom is -0.317 e. The van der Waals surface area contributed by atoms with Crippen LogP contribution in [0.25, 0.3) is 0 Å². The second-order valence-electron chi connectivity index (χ2n) is 4.39. The summed E-state index contributed by atoms with van der Waals surface area (Å²) < 4.78 is 39.4. The van der Waals surface area contributed by atoms with E-state index in [-0.39, 0.29) is 5.75 Å². The lowest BCUT2D eigenvalue weighted by Crippen LogP contribution is -2.19. The van der Waals surface area contributed by atoms with Crippen LogP contribution in [0.3, 0.4) is 0 Å². The van der Waals surface area contributed by atoms with Crippen molar-refractivity contribution in [2.75, 3.05) is 23.6 Å². The maximum atomic E-state index is 13.3. The van der Waals surface area contributed by atoms with Gasteiger partial charge in [0.1, 0.15) is 5.82 Å². The monoisotopic (exact) mass is 288 g/mol. The summed E-state index contributed by atoms with van der Waals surface area (Å²) >= 11 is 0. The van der Waals surface area contributed by atoms with Crippen molar-refractivity contribution < 1.29 is 12.8 Å². The number of halogens is 1. The molecule has 19 heavy (non-hydrogen) atoms. The molecule has 0 bridgehead atoms. The number of sulfonamides is 1. The van der Waals surface area contributed by atoms with Gasteiger partial charge in [0.2, 0.25) is 10.0 Å². The fourth-order valence-electron chi connectivity index (χ4n) is 1.66. The Bertz CT molecular complexity index is 503. The molecule has 4 nitrogen and oxygen atoms in total. The van der Waals surface area contributed by atoms with E-state index in [2.05, 4.69) is 10.0 Å². The van der Waals surface area contributed by atoms with Crippen molar-refractivity contribution in [2.45, 2.75) is 26.7 Å². The van der Waals surface area contributed by atoms with Crippen LogP contribution in [-0.4, -0.2) is 27.3 Å². The molecular formula is C13H21FN2O2S. The molecule has 0 aliphatic rings. The van der Waals surface area contributed by atoms with Gasteiger partial charge in [0.05, 0.1) is 11.4 Å². The standard InChI is InChI=1S/C13H21FN2O2S/c1-3-15-9-4-5-10-19(17,18)16-13-8-6-7-12(14)11(13)2/h6-8,15-16H,3-5,9-10H2,1-2H3. The Morgan fingerprint density at radius 1 is 1.26 bits per heavy atom. The van der Waals surface area contributed by atoms with E-state index >= 15 is 0 Å². The smallest absolute Gasteiger partial charge is 0.232 e. The highest BCUT2D eigenvalue weighted by molar-refractivity contribution is 7.92. The van der Waals surface area contributed by atoms with Gasteiger partial charge in [0.25, 0.3) is 0 Å². The molecule has 0 saturated carbocycles. The zero-order valence-electron chi connectivity index (χ0n) is 11.4. The molecule has 108 valence electrons. The molecule has 0 radical (unpaired) electrons. The molecule has 0 aliphatic heterocycles. The van der Waals surface area contributed by atoms with Crippen LogP contribution in [0.4, 0.5) is 10.1 Å². The Labute approximate surface area is 114 Å². The molecule has 0 amide bonds. The molecule has 1 aromatic rings. The van der Waals surface area contributed by atoms with Crippen molar-refractivity contribution in [1.29, 1.82) is 0 Å². The highest BCUT2D eigenvalue weighted by atomic mass is 32.2. The van der Waals surface area contributed by atoms with E-state index in [1.807, 2.05) is 6.92 Å². The van der Waals surface area contributed by atoms with Gasteiger partial charge < -0.3 is 5.32 Å². The van der Waals surface area contributed by atoms with Crippen LogP contribution in [0, 0.1) is 12.7 Å². The van der Waals surface area contributed by atoms with Crippen molar-refractivity contribution >= 4 is 15.7 Å². The van der Waals surface area contributed by atoms with Crippen LogP contribution < -0.4 is 10.0 Å². The number of rotatable bonds is 8. The fraction of sp³-hybridized carbons (Fsp3) is 0.538. The Morgan fingerprint density at radius 2 is 2.00 bits per heavy atom. The van der Waals surface area contributed by atoms with E-state index in [0.29, 0.717) is 17.7 Å². The summed E-state index contributed by atoms with van der Waals surface area (Å²) in [6.45, 7) is 5.25. The van der Waals surface area contributed by atoms with Gasteiger partial charge in [-0.1, -0.05) is 13.0 Å². The first-order valence-electron chi connectivity index (χ1n) is 6.42. The Hall–Kier alpha value is -1.14. The van der Waals surface area contributed by atoms with Crippen molar-refractivity contribution in [1.82, 2.24) is 5.32 Å². The Morgan fingerprint density at radius 3 is 2.68 bits per heavy atom. The molecule has 0 spiro atoms. The predicted molar refractivity (Wildman–Crippen MR) is 76.3 cm³/mol. The minimum atomic E-state index is -3.41. The number of hydrogen-bond donors (Lipinski definition) is 2. The van der Waals surface area contributed by atoms with Crippen LogP contribution in [-0.2, 0) is 10.0 Å². The van der Waals surface area contributed by atoms with Crippen molar-refractivity contribution in [3.8, 4) is 0 Å². The van der Waals surface area contributed by atoms with Crippen molar-refractivity contribution in [3.05, 3.63) is 29.6 Å².